The number of nitrogens with zero attached hydrogens (tertiary/aromatic N) is 2. The number of aliphatic imine (C=N–C) groups is 1. The lowest BCUT2D eigenvalue weighted by Crippen LogP contribution is -2.49. The molecule has 2 nitrogen and oxygen atoms in total. The van der Waals surface area contributed by atoms with Gasteiger partial charge in [0.1, 0.15) is 11.7 Å². The number of benzene rings is 3. The summed E-state index contributed by atoms with van der Waals surface area (Å²) in [5.74, 6) is 0. The quantitative estimate of drug-likeness (QED) is 0.491. The Labute approximate surface area is 160 Å². The van der Waals surface area contributed by atoms with Crippen molar-refractivity contribution in [2.75, 3.05) is 6.54 Å². The Hall–Kier alpha value is -2.42. The molecule has 3 heteroatoms. The molecule has 1 aliphatic heterocycles. The molecule has 3 aromatic rings. The first-order valence-corrected chi connectivity index (χ1v) is 9.40. The Balaban J connectivity index is 1.88. The second-order valence-corrected chi connectivity index (χ2v) is 7.14. The highest BCUT2D eigenvalue weighted by molar-refractivity contribution is 6.30. The van der Waals surface area contributed by atoms with Gasteiger partial charge >= 0.3 is 0 Å². The molecule has 0 fully saturated rings. The molecule has 1 heterocycles. The van der Waals surface area contributed by atoms with E-state index in [9.17, 15) is 0 Å². The van der Waals surface area contributed by atoms with Crippen molar-refractivity contribution >= 4 is 23.6 Å². The van der Waals surface area contributed by atoms with Gasteiger partial charge in [-0.2, -0.15) is 0 Å². The molecule has 0 N–H and O–H groups in total. The summed E-state index contributed by atoms with van der Waals surface area (Å²) in [5.41, 5.74) is 3.77. The van der Waals surface area contributed by atoms with Gasteiger partial charge in [-0.3, -0.25) is 0 Å². The SMILES string of the molecule is CC[N+]1(c2ccc(Cl)cc2)C=N[C@H](c2ccccc2)[C@@H]1c1ccccc1. The molecule has 26 heavy (non-hydrogen) atoms. The van der Waals surface area contributed by atoms with E-state index in [2.05, 4.69) is 86.1 Å². The highest BCUT2D eigenvalue weighted by atomic mass is 35.5. The predicted octanol–water partition coefficient (Wildman–Crippen LogP) is 6.19. The molecule has 3 aromatic carbocycles. The molecule has 0 amide bonds. The van der Waals surface area contributed by atoms with Gasteiger partial charge in [0.05, 0.1) is 6.54 Å². The zero-order valence-electron chi connectivity index (χ0n) is 14.8. The number of halogens is 1. The van der Waals surface area contributed by atoms with Crippen molar-refractivity contribution in [3.63, 3.8) is 0 Å². The minimum atomic E-state index is 0.0919. The van der Waals surface area contributed by atoms with E-state index in [1.54, 1.807) is 0 Å². The maximum Gasteiger partial charge on any atom is 0.191 e. The molecule has 0 bridgehead atoms. The predicted molar refractivity (Wildman–Crippen MR) is 111 cm³/mol. The first-order chi connectivity index (χ1) is 12.7. The zero-order valence-corrected chi connectivity index (χ0v) is 15.6. The largest absolute Gasteiger partial charge is 0.241 e. The second kappa shape index (κ2) is 7.06. The number of hydrogen-bond donors (Lipinski definition) is 0. The van der Waals surface area contributed by atoms with Crippen molar-refractivity contribution in [3.05, 3.63) is 101 Å². The van der Waals surface area contributed by atoms with Gasteiger partial charge in [0.15, 0.2) is 12.4 Å². The van der Waals surface area contributed by atoms with Gasteiger partial charge < -0.3 is 0 Å². The van der Waals surface area contributed by atoms with Crippen molar-refractivity contribution in [1.29, 1.82) is 0 Å². The topological polar surface area (TPSA) is 12.4 Å². The molecule has 0 spiro atoms. The van der Waals surface area contributed by atoms with Crippen molar-refractivity contribution in [3.8, 4) is 0 Å². The van der Waals surface area contributed by atoms with Crippen molar-refractivity contribution in [1.82, 2.24) is 4.48 Å². The smallest absolute Gasteiger partial charge is 0.191 e. The van der Waals surface area contributed by atoms with Crippen LogP contribution in [0, 0.1) is 0 Å². The lowest BCUT2D eigenvalue weighted by Gasteiger charge is -2.37. The van der Waals surface area contributed by atoms with E-state index in [0.29, 0.717) is 4.48 Å². The maximum atomic E-state index is 6.14. The molecule has 0 aromatic heterocycles. The molecular weight excluding hydrogens is 340 g/mol. The summed E-state index contributed by atoms with van der Waals surface area (Å²) in [6, 6.07) is 29.8. The van der Waals surface area contributed by atoms with Crippen LogP contribution in [-0.2, 0) is 0 Å². The highest BCUT2D eigenvalue weighted by Crippen LogP contribution is 2.47. The van der Waals surface area contributed by atoms with Gasteiger partial charge in [-0.25, -0.2) is 9.48 Å². The van der Waals surface area contributed by atoms with Crippen molar-refractivity contribution < 1.29 is 0 Å². The molecule has 4 rings (SSSR count). The summed E-state index contributed by atoms with van der Waals surface area (Å²) in [5, 5.41) is 0.759. The van der Waals surface area contributed by atoms with Crippen LogP contribution in [0.4, 0.5) is 5.69 Å². The van der Waals surface area contributed by atoms with Gasteiger partial charge in [-0.05, 0) is 24.6 Å². The standard InChI is InChI=1S/C23H22ClN2/c1-2-26(21-15-13-20(24)14-16-21)17-25-22(18-9-5-3-6-10-18)23(26)19-11-7-4-8-12-19/h3-17,22-23H,2H2,1H3/q+1/t22-,23+,26?/m1/s1. The van der Waals surface area contributed by atoms with E-state index in [1.807, 2.05) is 12.1 Å². The molecule has 1 aliphatic rings. The summed E-state index contributed by atoms with van der Waals surface area (Å²) in [6.45, 7) is 3.15. The molecule has 0 radical (unpaired) electrons. The Morgan fingerprint density at radius 2 is 1.38 bits per heavy atom. The van der Waals surface area contributed by atoms with Crippen LogP contribution >= 0.6 is 11.6 Å². The van der Waals surface area contributed by atoms with Gasteiger partial charge in [0, 0.05) is 22.7 Å². The Morgan fingerprint density at radius 3 is 1.96 bits per heavy atom. The number of quaternary nitrogens is 1. The van der Waals surface area contributed by atoms with Crippen LogP contribution in [0.25, 0.3) is 0 Å². The van der Waals surface area contributed by atoms with Gasteiger partial charge in [0.25, 0.3) is 0 Å². The lowest BCUT2D eigenvalue weighted by molar-refractivity contribution is 0.326. The Bertz CT molecular complexity index is 891. The van der Waals surface area contributed by atoms with Crippen LogP contribution in [0.5, 0.6) is 0 Å². The summed E-state index contributed by atoms with van der Waals surface area (Å²) in [7, 11) is 0. The average Bonchev–Trinajstić information content (AvgIpc) is 3.10. The molecule has 0 aliphatic carbocycles. The molecule has 0 saturated carbocycles. The maximum absolute atomic E-state index is 6.14. The van der Waals surface area contributed by atoms with E-state index in [-0.39, 0.29) is 12.1 Å². The van der Waals surface area contributed by atoms with Crippen LogP contribution in [0.15, 0.2) is 89.9 Å². The van der Waals surface area contributed by atoms with Crippen LogP contribution < -0.4 is 4.48 Å². The van der Waals surface area contributed by atoms with Gasteiger partial charge in [-0.1, -0.05) is 72.3 Å². The minimum Gasteiger partial charge on any atom is -0.241 e. The van der Waals surface area contributed by atoms with Crippen LogP contribution in [0.2, 0.25) is 5.02 Å². The number of rotatable bonds is 4. The Morgan fingerprint density at radius 1 is 0.808 bits per heavy atom. The van der Waals surface area contributed by atoms with E-state index < -0.39 is 0 Å². The summed E-state index contributed by atoms with van der Waals surface area (Å²) >= 11 is 6.14. The average molecular weight is 362 g/mol. The third-order valence-electron chi connectivity index (χ3n) is 5.34. The van der Waals surface area contributed by atoms with Gasteiger partial charge in [0.2, 0.25) is 0 Å². The summed E-state index contributed by atoms with van der Waals surface area (Å²) < 4.78 is 0.695. The van der Waals surface area contributed by atoms with Crippen molar-refractivity contribution in [2.45, 2.75) is 19.0 Å². The van der Waals surface area contributed by atoms with Crippen LogP contribution in [-0.4, -0.2) is 12.9 Å². The zero-order chi connectivity index (χ0) is 18.0. The number of likely N-dealkylation sites (N-methyl/N-ethyl adjacent to an activating group) is 1. The monoisotopic (exact) mass is 361 g/mol. The van der Waals surface area contributed by atoms with Crippen LogP contribution in [0.1, 0.15) is 30.1 Å². The molecule has 3 atom stereocenters. The van der Waals surface area contributed by atoms with Crippen molar-refractivity contribution in [2.24, 2.45) is 4.99 Å². The molecule has 130 valence electrons. The van der Waals surface area contributed by atoms with Gasteiger partial charge in [-0.15, -0.1) is 0 Å². The third-order valence-corrected chi connectivity index (χ3v) is 5.59. The highest BCUT2D eigenvalue weighted by Gasteiger charge is 2.48. The molecular formula is C23H22ClN2+. The normalized spacial score (nSPS) is 24.7. The molecule has 0 saturated heterocycles. The fraction of sp³-hybridized carbons (Fsp3) is 0.174. The number of hydrogen-bond acceptors (Lipinski definition) is 1. The van der Waals surface area contributed by atoms with Crippen LogP contribution in [0.3, 0.4) is 0 Å². The van der Waals surface area contributed by atoms with E-state index >= 15 is 0 Å². The summed E-state index contributed by atoms with van der Waals surface area (Å²) in [6.07, 6.45) is 2.12. The summed E-state index contributed by atoms with van der Waals surface area (Å²) in [4.78, 5) is 5.00. The van der Waals surface area contributed by atoms with E-state index in [4.69, 9.17) is 16.6 Å². The fourth-order valence-corrected chi connectivity index (χ4v) is 4.15. The third kappa shape index (κ3) is 2.86. The minimum absolute atomic E-state index is 0.0919. The fourth-order valence-electron chi connectivity index (χ4n) is 4.02. The Kier molecular flexibility index (Phi) is 4.62. The van der Waals surface area contributed by atoms with E-state index in [1.165, 1.54) is 16.8 Å². The van der Waals surface area contributed by atoms with E-state index in [0.717, 1.165) is 11.6 Å². The molecule has 1 unspecified atom stereocenters. The first kappa shape index (κ1) is 17.0. The lowest BCUT2D eigenvalue weighted by atomic mass is 9.91. The second-order valence-electron chi connectivity index (χ2n) is 6.70. The first-order valence-electron chi connectivity index (χ1n) is 9.02.